The molecule has 1 saturated carbocycles. The summed E-state index contributed by atoms with van der Waals surface area (Å²) >= 11 is 0. The predicted molar refractivity (Wildman–Crippen MR) is 435 cm³/mol. The topological polar surface area (TPSA) is 15.5 Å². The second kappa shape index (κ2) is 29.1. The van der Waals surface area contributed by atoms with Crippen molar-refractivity contribution in [1.29, 1.82) is 0 Å². The number of aromatic nitrogens is 4. The van der Waals surface area contributed by atoms with E-state index in [2.05, 4.69) is 167 Å². The van der Waals surface area contributed by atoms with E-state index in [-0.39, 0.29) is 28.2 Å². The van der Waals surface area contributed by atoms with Crippen LogP contribution in [0.2, 0.25) is 0 Å². The first-order chi connectivity index (χ1) is 56.6. The summed E-state index contributed by atoms with van der Waals surface area (Å²) in [6.45, 7) is 10.2. The third kappa shape index (κ3) is 13.9. The maximum Gasteiger partial charge on any atom is 0.213 e. The molecule has 0 amide bonds. The number of hydrogen-bond acceptors (Lipinski definition) is 0. The highest BCUT2D eigenvalue weighted by Crippen LogP contribution is 2.48. The third-order valence-electron chi connectivity index (χ3n) is 21.9. The van der Waals surface area contributed by atoms with Crippen molar-refractivity contribution in [1.82, 2.24) is 0 Å². The molecule has 0 saturated heterocycles. The Labute approximate surface area is 646 Å². The standard InChI is InChI=1S/C27H30N.C26H30N.C25H28N.C22H22N/c1-18-13-14-23-22-12-8-7-11-21(22)15-25(23)27(18)26-16-24(19(2)17-28(26)3)20-9-5-4-6-10-20;1-17-11-12-22-21-10-8-7-9-19(21)13-23(22)25(17)24-14-20(15-26(3,4)5)18(2)16-27(24)6;1-16(2)12-20-14-24(26(5)15-18(20)4)25-17(3)10-11-22-21-9-7-6-8-19(21)13-23(22)25;1-14-9-10-19-18-8-6-5-7-17(18)12-20(19)22(14)21-11-15(2)16(3)13-23(21)4/h7-8,11-14,16-17,20H,4-6,9-10,15H2,1-3H3;7-12,14,16H,13,15H2,1-6H3;6-11,14-16H,12-13H2,1-5H3;5-11,13H,12H2,1-4H3/q4*+1/i2D3,20D;2D3,15D2;4D3,12D2;3D3. The van der Waals surface area contributed by atoms with Crippen LogP contribution in [-0.4, -0.2) is 0 Å². The number of aryl methyl sites for hydroxylation is 13. The Hall–Kier alpha value is -9.64. The lowest BCUT2D eigenvalue weighted by atomic mass is 9.82. The van der Waals surface area contributed by atoms with Crippen molar-refractivity contribution >= 4 is 0 Å². The Balaban J connectivity index is 0.000000132. The Morgan fingerprint density at radius 1 is 0.375 bits per heavy atom. The van der Waals surface area contributed by atoms with E-state index in [0.717, 1.165) is 108 Å². The van der Waals surface area contributed by atoms with Gasteiger partial charge >= 0.3 is 0 Å². The van der Waals surface area contributed by atoms with Gasteiger partial charge in [-0.1, -0.05) is 199 Å². The first-order valence-corrected chi connectivity index (χ1v) is 37.1. The Kier molecular flexibility index (Phi) is 14.9. The van der Waals surface area contributed by atoms with Gasteiger partial charge in [0, 0.05) is 69.8 Å². The van der Waals surface area contributed by atoms with Gasteiger partial charge in [0.2, 0.25) is 22.8 Å². The van der Waals surface area contributed by atoms with E-state index >= 15 is 0 Å². The molecule has 0 atom stereocenters. The zero-order valence-electron chi connectivity index (χ0n) is 80.2. The van der Waals surface area contributed by atoms with Gasteiger partial charge in [-0.3, -0.25) is 0 Å². The van der Waals surface area contributed by atoms with Crippen LogP contribution < -0.4 is 18.3 Å². The molecule has 0 aliphatic heterocycles. The van der Waals surface area contributed by atoms with E-state index in [1.807, 2.05) is 92.4 Å². The minimum atomic E-state index is -2.41. The van der Waals surface area contributed by atoms with Gasteiger partial charge in [-0.25, -0.2) is 18.3 Å². The summed E-state index contributed by atoms with van der Waals surface area (Å²) in [6, 6.07) is 58.8. The molecule has 1 fully saturated rings. The van der Waals surface area contributed by atoms with Crippen molar-refractivity contribution in [3.05, 3.63) is 306 Å². The van der Waals surface area contributed by atoms with E-state index in [1.165, 1.54) is 111 Å². The average Bonchev–Trinajstić information content (AvgIpc) is 1.70. The van der Waals surface area contributed by atoms with Crippen LogP contribution in [0.4, 0.5) is 0 Å². The lowest BCUT2D eigenvalue weighted by Gasteiger charge is -2.23. The lowest BCUT2D eigenvalue weighted by Crippen LogP contribution is -2.32. The smallest absolute Gasteiger partial charge is 0.201 e. The number of nitrogens with zero attached hydrogens (tertiary/aromatic N) is 4. The fourth-order valence-electron chi connectivity index (χ4n) is 16.9. The van der Waals surface area contributed by atoms with Gasteiger partial charge in [-0.05, 0) is 264 Å². The first kappa shape index (κ1) is 53.2. The minimum absolute atomic E-state index is 0.0668. The van der Waals surface area contributed by atoms with Crippen molar-refractivity contribution < 1.29 is 41.6 Å². The van der Waals surface area contributed by atoms with Gasteiger partial charge in [0.15, 0.2) is 24.8 Å². The van der Waals surface area contributed by atoms with Gasteiger partial charge in [0.25, 0.3) is 0 Å². The number of pyridine rings is 4. The summed E-state index contributed by atoms with van der Waals surface area (Å²) in [7, 11) is 7.57. The molecule has 4 nitrogen and oxygen atoms in total. The van der Waals surface area contributed by atoms with Gasteiger partial charge in [0.05, 0.1) is 22.3 Å². The minimum Gasteiger partial charge on any atom is -0.201 e. The molecule has 17 rings (SSSR count). The Bertz CT molecular complexity index is 6100. The zero-order valence-corrected chi connectivity index (χ0v) is 63.2. The molecule has 0 unspecified atom stereocenters. The van der Waals surface area contributed by atoms with E-state index in [9.17, 15) is 1.37 Å². The van der Waals surface area contributed by atoms with Crippen LogP contribution in [0.25, 0.3) is 89.5 Å². The van der Waals surface area contributed by atoms with E-state index in [1.54, 1.807) is 50.8 Å². The highest BCUT2D eigenvalue weighted by atomic mass is 14.9. The predicted octanol–water partition coefficient (Wildman–Crippen LogP) is 22.6. The zero-order chi connectivity index (χ0) is 87.7. The fourth-order valence-corrected chi connectivity index (χ4v) is 16.9. The van der Waals surface area contributed by atoms with Crippen LogP contribution in [0.15, 0.2) is 195 Å². The second-order valence-electron chi connectivity index (χ2n) is 31.0. The first-order valence-electron chi connectivity index (χ1n) is 45.6. The quantitative estimate of drug-likeness (QED) is 0.135. The molecule has 8 aromatic carbocycles. The van der Waals surface area contributed by atoms with Gasteiger partial charge in [-0.2, -0.15) is 0 Å². The molecule has 4 heteroatoms. The number of hydrogen-bond donors (Lipinski definition) is 0. The van der Waals surface area contributed by atoms with E-state index in [4.69, 9.17) is 21.9 Å². The lowest BCUT2D eigenvalue weighted by molar-refractivity contribution is -0.661. The Morgan fingerprint density at radius 3 is 1.07 bits per heavy atom. The van der Waals surface area contributed by atoms with E-state index in [0.29, 0.717) is 16.7 Å². The Morgan fingerprint density at radius 2 is 0.702 bits per heavy atom. The monoisotopic (exact) mass is 1380 g/mol. The van der Waals surface area contributed by atoms with Crippen molar-refractivity contribution in [2.45, 2.75) is 173 Å². The molecular weight excluding hydrogens is 1260 g/mol. The molecule has 5 aliphatic carbocycles. The number of benzene rings is 8. The van der Waals surface area contributed by atoms with Gasteiger partial charge in [0.1, 0.15) is 28.2 Å². The summed E-state index contributed by atoms with van der Waals surface area (Å²) < 4.78 is 148. The summed E-state index contributed by atoms with van der Waals surface area (Å²) in [5.74, 6) is -1.19. The van der Waals surface area contributed by atoms with Gasteiger partial charge < -0.3 is 0 Å². The molecule has 526 valence electrons. The maximum absolute atomic E-state index is 9.26. The molecule has 0 spiro atoms. The molecule has 104 heavy (non-hydrogen) atoms. The highest BCUT2D eigenvalue weighted by molar-refractivity contribution is 5.89. The highest BCUT2D eigenvalue weighted by Gasteiger charge is 2.33. The van der Waals surface area contributed by atoms with Crippen molar-refractivity contribution in [2.75, 3.05) is 0 Å². The largest absolute Gasteiger partial charge is 0.213 e. The van der Waals surface area contributed by atoms with Crippen LogP contribution in [0.1, 0.15) is 207 Å². The molecule has 5 aliphatic rings. The molecule has 4 heterocycles. The van der Waals surface area contributed by atoms with Crippen LogP contribution >= 0.6 is 0 Å². The summed E-state index contributed by atoms with van der Waals surface area (Å²) in [6.07, 6.45) is 11.1. The SMILES string of the molecule is [2H]C([2H])([2H])c1c[n+](C)c(-c2c(C)ccc3c2Cc2ccccc2-3)cc1C.[2H]C([2H])([2H])c1c[n+](C)c(-c2c(C)ccc3c2Cc2ccccc2-3)cc1C([2H])([2H])C(C)(C)C.[2H]C([2H])([2H])c1c[n+](C)c(-c2c(C)ccc3c2Cc2ccccc2-3)cc1C([2H])([2H])C(C)C.[2H]C([2H])([2H])c1c[n+](C)c(-c2c(C)ccc3c2Cc2ccccc2-3)cc1C1([2H])CCCCC1. The summed E-state index contributed by atoms with van der Waals surface area (Å²) in [5, 5.41) is 0. The molecule has 0 radical (unpaired) electrons. The molecule has 0 bridgehead atoms. The molecule has 0 N–H and O–H groups in total. The summed E-state index contributed by atoms with van der Waals surface area (Å²) in [5.41, 5.74) is 35.3. The van der Waals surface area contributed by atoms with E-state index < -0.39 is 51.5 Å². The van der Waals surface area contributed by atoms with Crippen molar-refractivity contribution in [3.63, 3.8) is 0 Å². The van der Waals surface area contributed by atoms with Crippen molar-refractivity contribution in [3.8, 4) is 89.5 Å². The van der Waals surface area contributed by atoms with Crippen LogP contribution in [0, 0.1) is 73.4 Å². The fraction of sp³-hybridized carbons (Fsp3) is 0.320. The average molecular weight is 1390 g/mol. The van der Waals surface area contributed by atoms with Crippen LogP contribution in [0.3, 0.4) is 0 Å². The number of fused-ring (bicyclic) bond motifs is 12. The second-order valence-corrected chi connectivity index (χ2v) is 31.0. The maximum atomic E-state index is 9.26. The van der Waals surface area contributed by atoms with Gasteiger partial charge in [-0.15, -0.1) is 0 Å². The van der Waals surface area contributed by atoms with Crippen LogP contribution in [-0.2, 0) is 66.6 Å². The molecule has 12 aromatic rings. The van der Waals surface area contributed by atoms with Crippen molar-refractivity contribution in [2.24, 2.45) is 39.5 Å². The normalized spacial score (nSPS) is 16.9. The molecular formula is C100H110N4+4. The molecule has 4 aromatic heterocycles. The third-order valence-corrected chi connectivity index (χ3v) is 21.9. The number of rotatable bonds is 8. The van der Waals surface area contributed by atoms with Crippen LogP contribution in [0.5, 0.6) is 0 Å². The summed E-state index contributed by atoms with van der Waals surface area (Å²) in [4.78, 5) is 0.